The Morgan fingerprint density at radius 1 is 0.733 bits per heavy atom. The van der Waals surface area contributed by atoms with Gasteiger partial charge in [0.25, 0.3) is 0 Å². The first-order valence-corrected chi connectivity index (χ1v) is 8.16. The Bertz CT molecular complexity index is 116. The van der Waals surface area contributed by atoms with Crippen LogP contribution in [-0.2, 0) is 8.85 Å². The summed E-state index contributed by atoms with van der Waals surface area (Å²) in [6, 6.07) is 1.17. The molecule has 0 aliphatic rings. The summed E-state index contributed by atoms with van der Waals surface area (Å²) >= 11 is 0. The molecular weight excluding hydrogens is 204 g/mol. The van der Waals surface area contributed by atoms with E-state index in [0.717, 1.165) is 0 Å². The number of rotatable bonds is 11. The fourth-order valence-corrected chi connectivity index (χ4v) is 3.06. The fourth-order valence-electron chi connectivity index (χ4n) is 1.78. The molecule has 0 fully saturated rings. The van der Waals surface area contributed by atoms with Gasteiger partial charge in [-0.25, -0.2) is 0 Å². The molecule has 92 valence electrons. The SMILES string of the molecule is CCCCCCCCCC[SiH](OC)OC. The van der Waals surface area contributed by atoms with Gasteiger partial charge in [0, 0.05) is 14.2 Å². The van der Waals surface area contributed by atoms with Crippen molar-refractivity contribution in [1.82, 2.24) is 0 Å². The van der Waals surface area contributed by atoms with Gasteiger partial charge in [-0.3, -0.25) is 0 Å². The van der Waals surface area contributed by atoms with Crippen LogP contribution in [0.5, 0.6) is 0 Å². The second kappa shape index (κ2) is 12.2. The summed E-state index contributed by atoms with van der Waals surface area (Å²) in [6.45, 7) is 2.26. The zero-order chi connectivity index (χ0) is 11.4. The van der Waals surface area contributed by atoms with Crippen molar-refractivity contribution in [3.63, 3.8) is 0 Å². The lowest BCUT2D eigenvalue weighted by molar-refractivity contribution is 0.276. The van der Waals surface area contributed by atoms with Crippen LogP contribution in [-0.4, -0.2) is 23.5 Å². The van der Waals surface area contributed by atoms with E-state index in [1.54, 1.807) is 14.2 Å². The number of hydrogen-bond acceptors (Lipinski definition) is 2. The molecule has 0 aromatic heterocycles. The van der Waals surface area contributed by atoms with Crippen LogP contribution in [0.2, 0.25) is 6.04 Å². The van der Waals surface area contributed by atoms with E-state index >= 15 is 0 Å². The number of hydrogen-bond donors (Lipinski definition) is 0. The van der Waals surface area contributed by atoms with E-state index in [1.807, 2.05) is 0 Å². The average molecular weight is 232 g/mol. The van der Waals surface area contributed by atoms with E-state index in [0.29, 0.717) is 0 Å². The molecule has 0 unspecified atom stereocenters. The maximum absolute atomic E-state index is 5.28. The van der Waals surface area contributed by atoms with Gasteiger partial charge < -0.3 is 8.85 Å². The Morgan fingerprint density at radius 2 is 1.20 bits per heavy atom. The van der Waals surface area contributed by atoms with Gasteiger partial charge in [0.1, 0.15) is 0 Å². The van der Waals surface area contributed by atoms with Crippen LogP contribution in [0.25, 0.3) is 0 Å². The van der Waals surface area contributed by atoms with Crippen molar-refractivity contribution in [1.29, 1.82) is 0 Å². The molecule has 15 heavy (non-hydrogen) atoms. The molecule has 0 aliphatic carbocycles. The van der Waals surface area contributed by atoms with E-state index in [4.69, 9.17) is 8.85 Å². The summed E-state index contributed by atoms with van der Waals surface area (Å²) in [5, 5.41) is 0. The lowest BCUT2D eigenvalue weighted by atomic mass is 10.1. The lowest BCUT2D eigenvalue weighted by Crippen LogP contribution is -2.18. The normalized spacial score (nSPS) is 11.2. The topological polar surface area (TPSA) is 18.5 Å². The van der Waals surface area contributed by atoms with Gasteiger partial charge in [-0.1, -0.05) is 58.3 Å². The zero-order valence-electron chi connectivity index (χ0n) is 10.8. The van der Waals surface area contributed by atoms with E-state index in [-0.39, 0.29) is 0 Å². The third-order valence-electron chi connectivity index (χ3n) is 2.82. The Hall–Kier alpha value is 0.137. The van der Waals surface area contributed by atoms with Gasteiger partial charge in [0.15, 0.2) is 0 Å². The second-order valence-electron chi connectivity index (χ2n) is 4.16. The summed E-state index contributed by atoms with van der Waals surface area (Å²) < 4.78 is 10.6. The first-order valence-electron chi connectivity index (χ1n) is 6.40. The van der Waals surface area contributed by atoms with Crippen LogP contribution >= 0.6 is 0 Å². The predicted octanol–water partition coefficient (Wildman–Crippen LogP) is 3.64. The molecule has 0 saturated heterocycles. The molecule has 0 radical (unpaired) electrons. The molecule has 2 nitrogen and oxygen atoms in total. The summed E-state index contributed by atoms with van der Waals surface area (Å²) in [6.07, 6.45) is 11.0. The molecule has 0 N–H and O–H groups in total. The summed E-state index contributed by atoms with van der Waals surface area (Å²) in [4.78, 5) is 0. The molecule has 0 rings (SSSR count). The number of unbranched alkanes of at least 4 members (excludes halogenated alkanes) is 7. The minimum absolute atomic E-state index is 1.17. The van der Waals surface area contributed by atoms with Crippen LogP contribution in [0.15, 0.2) is 0 Å². The quantitative estimate of drug-likeness (QED) is 0.400. The van der Waals surface area contributed by atoms with Gasteiger partial charge >= 0.3 is 9.28 Å². The molecule has 0 aromatic carbocycles. The molecule has 0 atom stereocenters. The Balaban J connectivity index is 3.04. The Kier molecular flexibility index (Phi) is 12.3. The standard InChI is InChI=1S/C12H28O2Si/c1-4-5-6-7-8-9-10-11-12-15(13-2)14-3/h15H,4-12H2,1-3H3. The molecule has 0 aromatic rings. The minimum atomic E-state index is -1.26. The molecule has 0 bridgehead atoms. The second-order valence-corrected chi connectivity index (χ2v) is 6.54. The molecular formula is C12H28O2Si. The molecule has 0 spiro atoms. The van der Waals surface area contributed by atoms with Gasteiger partial charge in [0.05, 0.1) is 0 Å². The van der Waals surface area contributed by atoms with Crippen molar-refractivity contribution in [3.8, 4) is 0 Å². The highest BCUT2D eigenvalue weighted by atomic mass is 28.3. The van der Waals surface area contributed by atoms with Crippen LogP contribution < -0.4 is 0 Å². The Morgan fingerprint density at radius 3 is 1.67 bits per heavy atom. The van der Waals surface area contributed by atoms with Gasteiger partial charge in [-0.15, -0.1) is 0 Å². The lowest BCUT2D eigenvalue weighted by Gasteiger charge is -2.09. The molecule has 0 heterocycles. The smallest absolute Gasteiger partial charge is 0.320 e. The van der Waals surface area contributed by atoms with Crippen molar-refractivity contribution >= 4 is 9.28 Å². The van der Waals surface area contributed by atoms with Gasteiger partial charge in [-0.2, -0.15) is 0 Å². The molecule has 0 amide bonds. The zero-order valence-corrected chi connectivity index (χ0v) is 11.9. The van der Waals surface area contributed by atoms with Gasteiger partial charge in [0.2, 0.25) is 0 Å². The molecule has 0 saturated carbocycles. The third-order valence-corrected chi connectivity index (χ3v) is 4.75. The highest BCUT2D eigenvalue weighted by Crippen LogP contribution is 2.11. The predicted molar refractivity (Wildman–Crippen MR) is 68.6 cm³/mol. The molecule has 0 aliphatic heterocycles. The average Bonchev–Trinajstić information content (AvgIpc) is 2.27. The van der Waals surface area contributed by atoms with E-state index in [9.17, 15) is 0 Å². The first kappa shape index (κ1) is 15.1. The summed E-state index contributed by atoms with van der Waals surface area (Å²) in [5.74, 6) is 0. The first-order chi connectivity index (χ1) is 7.35. The fraction of sp³-hybridized carbons (Fsp3) is 1.00. The molecule has 3 heteroatoms. The van der Waals surface area contributed by atoms with Crippen LogP contribution in [0.1, 0.15) is 58.3 Å². The highest BCUT2D eigenvalue weighted by molar-refractivity contribution is 6.44. The monoisotopic (exact) mass is 232 g/mol. The van der Waals surface area contributed by atoms with Crippen LogP contribution in [0, 0.1) is 0 Å². The highest BCUT2D eigenvalue weighted by Gasteiger charge is 2.07. The largest absolute Gasteiger partial charge is 0.400 e. The minimum Gasteiger partial charge on any atom is -0.400 e. The third kappa shape index (κ3) is 10.4. The van der Waals surface area contributed by atoms with E-state index in [1.165, 1.54) is 57.4 Å². The van der Waals surface area contributed by atoms with Crippen LogP contribution in [0.3, 0.4) is 0 Å². The van der Waals surface area contributed by atoms with E-state index in [2.05, 4.69) is 6.92 Å². The van der Waals surface area contributed by atoms with E-state index < -0.39 is 9.28 Å². The van der Waals surface area contributed by atoms with Crippen LogP contribution in [0.4, 0.5) is 0 Å². The summed E-state index contributed by atoms with van der Waals surface area (Å²) in [5.41, 5.74) is 0. The van der Waals surface area contributed by atoms with Crippen molar-refractivity contribution in [2.24, 2.45) is 0 Å². The summed E-state index contributed by atoms with van der Waals surface area (Å²) in [7, 11) is 2.28. The maximum atomic E-state index is 5.28. The van der Waals surface area contributed by atoms with Crippen molar-refractivity contribution < 1.29 is 8.85 Å². The van der Waals surface area contributed by atoms with Crippen molar-refractivity contribution in [2.75, 3.05) is 14.2 Å². The van der Waals surface area contributed by atoms with Crippen molar-refractivity contribution in [3.05, 3.63) is 0 Å². The maximum Gasteiger partial charge on any atom is 0.320 e. The Labute approximate surface area is 97.2 Å². The van der Waals surface area contributed by atoms with Gasteiger partial charge in [-0.05, 0) is 6.04 Å². The van der Waals surface area contributed by atoms with Crippen molar-refractivity contribution in [2.45, 2.75) is 64.3 Å².